The molecule has 0 spiro atoms. The second-order valence-electron chi connectivity index (χ2n) is 3.40. The fraction of sp³-hybridized carbons (Fsp3) is 0.300. The summed E-state index contributed by atoms with van der Waals surface area (Å²) in [5.74, 6) is 0.605. The number of hydrogen-bond acceptors (Lipinski definition) is 4. The number of aryl methyl sites for hydroxylation is 1. The number of aliphatic hydroxyl groups is 1. The summed E-state index contributed by atoms with van der Waals surface area (Å²) in [6.07, 6.45) is 3.45. The number of hydrogen-bond donors (Lipinski definition) is 1. The van der Waals surface area contributed by atoms with Gasteiger partial charge >= 0.3 is 0 Å². The molecule has 2 heterocycles. The van der Waals surface area contributed by atoms with E-state index in [2.05, 4.69) is 10.1 Å². The standard InChI is InChI=1S/C10H12N4O2/c1-8-6-13(7-11-8)9-2-3-10(16)14(12-9)4-5-15/h2-3,6-7,15H,4-5H2,1H3. The van der Waals surface area contributed by atoms with Crippen molar-refractivity contribution in [1.82, 2.24) is 19.3 Å². The van der Waals surface area contributed by atoms with Crippen molar-refractivity contribution in [3.8, 4) is 5.82 Å². The minimum atomic E-state index is -0.227. The molecule has 0 saturated heterocycles. The summed E-state index contributed by atoms with van der Waals surface area (Å²) in [4.78, 5) is 15.4. The van der Waals surface area contributed by atoms with Crippen molar-refractivity contribution < 1.29 is 5.11 Å². The van der Waals surface area contributed by atoms with E-state index >= 15 is 0 Å². The second kappa shape index (κ2) is 4.28. The molecule has 0 unspecified atom stereocenters. The van der Waals surface area contributed by atoms with E-state index in [0.29, 0.717) is 5.82 Å². The van der Waals surface area contributed by atoms with Crippen molar-refractivity contribution >= 4 is 0 Å². The first-order valence-electron chi connectivity index (χ1n) is 4.90. The summed E-state index contributed by atoms with van der Waals surface area (Å²) < 4.78 is 2.95. The maximum atomic E-state index is 11.4. The van der Waals surface area contributed by atoms with Gasteiger partial charge in [0.05, 0.1) is 18.8 Å². The van der Waals surface area contributed by atoms with Crippen LogP contribution < -0.4 is 5.56 Å². The number of aromatic nitrogens is 4. The summed E-state index contributed by atoms with van der Waals surface area (Å²) in [5.41, 5.74) is 0.649. The van der Waals surface area contributed by atoms with Crippen LogP contribution in [0.15, 0.2) is 29.5 Å². The third-order valence-corrected chi connectivity index (χ3v) is 2.14. The minimum Gasteiger partial charge on any atom is -0.394 e. The van der Waals surface area contributed by atoms with Crippen molar-refractivity contribution in [2.45, 2.75) is 13.5 Å². The molecule has 16 heavy (non-hydrogen) atoms. The molecule has 0 aliphatic rings. The molecular formula is C10H12N4O2. The lowest BCUT2D eigenvalue weighted by atomic mass is 10.5. The zero-order valence-electron chi connectivity index (χ0n) is 8.87. The summed E-state index contributed by atoms with van der Waals surface area (Å²) >= 11 is 0. The highest BCUT2D eigenvalue weighted by molar-refractivity contribution is 5.20. The Morgan fingerprint density at radius 2 is 2.25 bits per heavy atom. The van der Waals surface area contributed by atoms with Crippen molar-refractivity contribution in [1.29, 1.82) is 0 Å². The number of imidazole rings is 1. The third-order valence-electron chi connectivity index (χ3n) is 2.14. The molecule has 0 aliphatic heterocycles. The Balaban J connectivity index is 2.43. The lowest BCUT2D eigenvalue weighted by molar-refractivity contribution is 0.266. The average molecular weight is 220 g/mol. The average Bonchev–Trinajstić information content (AvgIpc) is 2.69. The van der Waals surface area contributed by atoms with Gasteiger partial charge in [-0.3, -0.25) is 9.36 Å². The van der Waals surface area contributed by atoms with Gasteiger partial charge in [-0.25, -0.2) is 9.67 Å². The van der Waals surface area contributed by atoms with Gasteiger partial charge in [0.2, 0.25) is 0 Å². The summed E-state index contributed by atoms with van der Waals surface area (Å²) in [5, 5.41) is 12.9. The van der Waals surface area contributed by atoms with Crippen molar-refractivity contribution in [3.63, 3.8) is 0 Å². The Kier molecular flexibility index (Phi) is 2.82. The zero-order chi connectivity index (χ0) is 11.5. The fourth-order valence-corrected chi connectivity index (χ4v) is 1.38. The van der Waals surface area contributed by atoms with Crippen LogP contribution in [0.3, 0.4) is 0 Å². The van der Waals surface area contributed by atoms with Gasteiger partial charge in [-0.2, -0.15) is 5.10 Å². The zero-order valence-corrected chi connectivity index (χ0v) is 8.87. The first kappa shape index (κ1) is 10.6. The Morgan fingerprint density at radius 1 is 1.44 bits per heavy atom. The highest BCUT2D eigenvalue weighted by atomic mass is 16.3. The van der Waals surface area contributed by atoms with Crippen molar-refractivity contribution in [3.05, 3.63) is 40.7 Å². The van der Waals surface area contributed by atoms with Crippen LogP contribution in [-0.4, -0.2) is 31.0 Å². The van der Waals surface area contributed by atoms with Gasteiger partial charge < -0.3 is 5.11 Å². The number of aliphatic hydroxyl groups excluding tert-OH is 1. The van der Waals surface area contributed by atoms with E-state index in [1.54, 1.807) is 17.0 Å². The quantitative estimate of drug-likeness (QED) is 0.772. The van der Waals surface area contributed by atoms with E-state index in [0.717, 1.165) is 5.69 Å². The molecule has 0 aromatic carbocycles. The van der Waals surface area contributed by atoms with E-state index in [4.69, 9.17) is 5.11 Å². The summed E-state index contributed by atoms with van der Waals surface area (Å²) in [6.45, 7) is 1.96. The molecule has 0 amide bonds. The molecule has 0 bridgehead atoms. The normalized spacial score (nSPS) is 10.6. The van der Waals surface area contributed by atoms with Crippen LogP contribution in [0, 0.1) is 6.92 Å². The van der Waals surface area contributed by atoms with Gasteiger partial charge in [-0.1, -0.05) is 0 Å². The molecule has 0 aliphatic carbocycles. The Hall–Kier alpha value is -1.95. The SMILES string of the molecule is Cc1cn(-c2ccc(=O)n(CCO)n2)cn1. The van der Waals surface area contributed by atoms with E-state index in [1.165, 1.54) is 10.7 Å². The molecule has 2 aromatic rings. The molecular weight excluding hydrogens is 208 g/mol. The highest BCUT2D eigenvalue weighted by Crippen LogP contribution is 2.02. The van der Waals surface area contributed by atoms with Gasteiger partial charge in [-0.05, 0) is 13.0 Å². The minimum absolute atomic E-state index is 0.112. The van der Waals surface area contributed by atoms with Crippen LogP contribution in [0.25, 0.3) is 5.82 Å². The molecule has 0 saturated carbocycles. The lowest BCUT2D eigenvalue weighted by Gasteiger charge is -2.05. The molecule has 2 aromatic heterocycles. The van der Waals surface area contributed by atoms with Gasteiger partial charge in [0.15, 0.2) is 5.82 Å². The molecule has 0 fully saturated rings. The first-order chi connectivity index (χ1) is 7.70. The van der Waals surface area contributed by atoms with Gasteiger partial charge in [0.1, 0.15) is 6.33 Å². The van der Waals surface area contributed by atoms with Crippen LogP contribution in [0.5, 0.6) is 0 Å². The Morgan fingerprint density at radius 3 is 2.88 bits per heavy atom. The second-order valence-corrected chi connectivity index (χ2v) is 3.40. The van der Waals surface area contributed by atoms with Crippen LogP contribution in [-0.2, 0) is 6.54 Å². The summed E-state index contributed by atoms with van der Waals surface area (Å²) in [6, 6.07) is 3.05. The summed E-state index contributed by atoms with van der Waals surface area (Å²) in [7, 11) is 0. The third kappa shape index (κ3) is 2.01. The van der Waals surface area contributed by atoms with Crippen LogP contribution in [0.4, 0.5) is 0 Å². The Bertz CT molecular complexity index is 544. The molecule has 2 rings (SSSR count). The van der Waals surface area contributed by atoms with Crippen LogP contribution in [0.1, 0.15) is 5.69 Å². The molecule has 1 N–H and O–H groups in total. The van der Waals surface area contributed by atoms with Gasteiger partial charge in [0.25, 0.3) is 5.56 Å². The lowest BCUT2D eigenvalue weighted by Crippen LogP contribution is -2.24. The molecule has 6 heteroatoms. The van der Waals surface area contributed by atoms with E-state index in [-0.39, 0.29) is 18.7 Å². The molecule has 0 radical (unpaired) electrons. The predicted molar refractivity (Wildman–Crippen MR) is 57.4 cm³/mol. The van der Waals surface area contributed by atoms with Gasteiger partial charge in [0, 0.05) is 12.3 Å². The maximum absolute atomic E-state index is 11.4. The first-order valence-corrected chi connectivity index (χ1v) is 4.90. The topological polar surface area (TPSA) is 72.9 Å². The van der Waals surface area contributed by atoms with E-state index in [9.17, 15) is 4.79 Å². The molecule has 0 atom stereocenters. The van der Waals surface area contributed by atoms with Crippen molar-refractivity contribution in [2.75, 3.05) is 6.61 Å². The number of nitrogens with zero attached hydrogens (tertiary/aromatic N) is 4. The van der Waals surface area contributed by atoms with Gasteiger partial charge in [-0.15, -0.1) is 0 Å². The van der Waals surface area contributed by atoms with E-state index in [1.807, 2.05) is 13.1 Å². The Labute approximate surface area is 91.8 Å². The van der Waals surface area contributed by atoms with Crippen LogP contribution in [0.2, 0.25) is 0 Å². The largest absolute Gasteiger partial charge is 0.394 e. The predicted octanol–water partition coefficient (Wildman–Crippen LogP) is -0.270. The fourth-order valence-electron chi connectivity index (χ4n) is 1.38. The monoisotopic (exact) mass is 220 g/mol. The number of rotatable bonds is 3. The van der Waals surface area contributed by atoms with Crippen molar-refractivity contribution in [2.24, 2.45) is 0 Å². The highest BCUT2D eigenvalue weighted by Gasteiger charge is 2.02. The smallest absolute Gasteiger partial charge is 0.266 e. The molecule has 6 nitrogen and oxygen atoms in total. The van der Waals surface area contributed by atoms with Crippen LogP contribution >= 0.6 is 0 Å². The molecule has 84 valence electrons. The maximum Gasteiger partial charge on any atom is 0.266 e. The van der Waals surface area contributed by atoms with E-state index < -0.39 is 0 Å².